The average Bonchev–Trinajstić information content (AvgIpc) is 3.10. The molecule has 2 aromatic rings. The monoisotopic (exact) mass is 485 g/mol. The number of nitro benzene ring substituents is 1. The lowest BCUT2D eigenvalue weighted by atomic mass is 9.95. The fourth-order valence-electron chi connectivity index (χ4n) is 4.32. The van der Waals surface area contributed by atoms with Gasteiger partial charge in [0.05, 0.1) is 29.8 Å². The van der Waals surface area contributed by atoms with Crippen molar-refractivity contribution in [3.8, 4) is 0 Å². The number of hydrogen-bond donors (Lipinski definition) is 1. The van der Waals surface area contributed by atoms with Gasteiger partial charge in [0.1, 0.15) is 5.76 Å². The van der Waals surface area contributed by atoms with Gasteiger partial charge in [-0.15, -0.1) is 0 Å². The van der Waals surface area contributed by atoms with E-state index in [0.717, 1.165) is 13.1 Å². The number of morpholine rings is 1. The summed E-state index contributed by atoms with van der Waals surface area (Å²) >= 11 is 5.94. The summed E-state index contributed by atoms with van der Waals surface area (Å²) in [7, 11) is 0. The van der Waals surface area contributed by atoms with Gasteiger partial charge >= 0.3 is 0 Å². The molecule has 1 atom stereocenters. The second-order valence-corrected chi connectivity index (χ2v) is 8.60. The Morgan fingerprint density at radius 1 is 1.12 bits per heavy atom. The number of non-ortho nitro benzene ring substituents is 1. The van der Waals surface area contributed by atoms with E-state index in [1.165, 1.54) is 23.1 Å². The van der Waals surface area contributed by atoms with Gasteiger partial charge in [-0.3, -0.25) is 24.6 Å². The quantitative estimate of drug-likeness (QED) is 0.210. The molecule has 0 radical (unpaired) electrons. The van der Waals surface area contributed by atoms with Crippen LogP contribution in [0.1, 0.15) is 23.6 Å². The third-order valence-corrected chi connectivity index (χ3v) is 6.28. The van der Waals surface area contributed by atoms with Crippen molar-refractivity contribution in [2.45, 2.75) is 12.5 Å². The Hall–Kier alpha value is -3.27. The number of amides is 1. The first kappa shape index (κ1) is 23.9. The molecule has 0 bridgehead atoms. The zero-order valence-electron chi connectivity index (χ0n) is 18.4. The van der Waals surface area contributed by atoms with Gasteiger partial charge in [-0.05, 0) is 36.2 Å². The molecule has 1 amide bonds. The molecule has 9 nitrogen and oxygen atoms in total. The van der Waals surface area contributed by atoms with Crippen LogP contribution in [0.15, 0.2) is 54.1 Å². The summed E-state index contributed by atoms with van der Waals surface area (Å²) in [4.78, 5) is 40.5. The van der Waals surface area contributed by atoms with Crippen molar-refractivity contribution in [1.82, 2.24) is 9.80 Å². The lowest BCUT2D eigenvalue weighted by molar-refractivity contribution is -0.384. The highest BCUT2D eigenvalue weighted by atomic mass is 35.5. The van der Waals surface area contributed by atoms with Crippen LogP contribution in [-0.4, -0.2) is 70.9 Å². The maximum absolute atomic E-state index is 13.1. The van der Waals surface area contributed by atoms with Crippen LogP contribution in [0.25, 0.3) is 5.76 Å². The number of nitrogens with zero attached hydrogens (tertiary/aromatic N) is 3. The van der Waals surface area contributed by atoms with E-state index in [9.17, 15) is 24.8 Å². The first-order valence-corrected chi connectivity index (χ1v) is 11.3. The highest BCUT2D eigenvalue weighted by Crippen LogP contribution is 2.40. The zero-order chi connectivity index (χ0) is 24.2. The Morgan fingerprint density at radius 3 is 2.50 bits per heavy atom. The lowest BCUT2D eigenvalue weighted by Crippen LogP contribution is -2.39. The van der Waals surface area contributed by atoms with Crippen molar-refractivity contribution < 1.29 is 24.4 Å². The summed E-state index contributed by atoms with van der Waals surface area (Å²) < 4.78 is 5.36. The number of aliphatic hydroxyl groups excluding tert-OH is 1. The number of rotatable bonds is 7. The number of hydrogen-bond acceptors (Lipinski definition) is 7. The Balaban J connectivity index is 1.70. The van der Waals surface area contributed by atoms with Crippen LogP contribution >= 0.6 is 11.6 Å². The van der Waals surface area contributed by atoms with E-state index >= 15 is 0 Å². The van der Waals surface area contributed by atoms with Gasteiger partial charge in [0, 0.05) is 48.9 Å². The van der Waals surface area contributed by atoms with E-state index in [2.05, 4.69) is 4.90 Å². The number of aliphatic hydroxyl groups is 1. The highest BCUT2D eigenvalue weighted by molar-refractivity contribution is 6.46. The smallest absolute Gasteiger partial charge is 0.295 e. The topological polar surface area (TPSA) is 113 Å². The van der Waals surface area contributed by atoms with Crippen LogP contribution in [0.5, 0.6) is 0 Å². The molecule has 2 saturated heterocycles. The number of likely N-dealkylation sites (tertiary alicyclic amines) is 1. The van der Waals surface area contributed by atoms with E-state index in [0.29, 0.717) is 42.3 Å². The molecule has 2 fully saturated rings. The Kier molecular flexibility index (Phi) is 7.26. The molecule has 0 unspecified atom stereocenters. The predicted molar refractivity (Wildman–Crippen MR) is 125 cm³/mol. The van der Waals surface area contributed by atoms with Gasteiger partial charge in [0.2, 0.25) is 0 Å². The largest absolute Gasteiger partial charge is 0.507 e. The number of nitro groups is 1. The average molecular weight is 486 g/mol. The van der Waals surface area contributed by atoms with Gasteiger partial charge < -0.3 is 14.7 Å². The van der Waals surface area contributed by atoms with Crippen LogP contribution in [0.2, 0.25) is 5.02 Å². The second kappa shape index (κ2) is 10.3. The predicted octanol–water partition coefficient (Wildman–Crippen LogP) is 3.39. The fraction of sp³-hybridized carbons (Fsp3) is 0.333. The molecular formula is C24H24ClN3O6. The summed E-state index contributed by atoms with van der Waals surface area (Å²) in [5.41, 5.74) is 0.448. The van der Waals surface area contributed by atoms with Crippen LogP contribution in [0.3, 0.4) is 0 Å². The number of Topliss-reactive ketones (excluding diaryl/α,β-unsaturated/α-hetero) is 1. The summed E-state index contributed by atoms with van der Waals surface area (Å²) in [5.74, 6) is -1.91. The van der Waals surface area contributed by atoms with Crippen molar-refractivity contribution >= 4 is 34.7 Å². The maximum Gasteiger partial charge on any atom is 0.295 e. The van der Waals surface area contributed by atoms with Gasteiger partial charge in [-0.2, -0.15) is 0 Å². The summed E-state index contributed by atoms with van der Waals surface area (Å²) in [6.07, 6.45) is 0.597. The van der Waals surface area contributed by atoms with Crippen LogP contribution < -0.4 is 0 Å². The van der Waals surface area contributed by atoms with Gasteiger partial charge in [-0.25, -0.2) is 0 Å². The van der Waals surface area contributed by atoms with E-state index < -0.39 is 22.7 Å². The van der Waals surface area contributed by atoms with E-state index in [1.807, 2.05) is 0 Å². The number of halogens is 1. The highest BCUT2D eigenvalue weighted by Gasteiger charge is 2.46. The first-order chi connectivity index (χ1) is 16.4. The number of ether oxygens (including phenoxy) is 1. The molecule has 0 spiro atoms. The van der Waals surface area contributed by atoms with Crippen molar-refractivity contribution in [3.05, 3.63) is 80.4 Å². The third kappa shape index (κ3) is 4.96. The minimum atomic E-state index is -0.944. The Morgan fingerprint density at radius 2 is 1.82 bits per heavy atom. The van der Waals surface area contributed by atoms with Crippen molar-refractivity contribution in [3.63, 3.8) is 0 Å². The maximum atomic E-state index is 13.1. The lowest BCUT2D eigenvalue weighted by Gasteiger charge is -2.29. The molecule has 0 saturated carbocycles. The molecule has 34 heavy (non-hydrogen) atoms. The number of benzene rings is 2. The van der Waals surface area contributed by atoms with E-state index in [1.54, 1.807) is 30.3 Å². The zero-order valence-corrected chi connectivity index (χ0v) is 19.1. The fourth-order valence-corrected chi connectivity index (χ4v) is 4.44. The number of carbonyl (C=O) groups is 2. The molecule has 0 aliphatic carbocycles. The summed E-state index contributed by atoms with van der Waals surface area (Å²) in [6, 6.07) is 11.1. The molecule has 2 heterocycles. The van der Waals surface area contributed by atoms with E-state index in [-0.39, 0.29) is 23.6 Å². The van der Waals surface area contributed by atoms with Crippen molar-refractivity contribution in [2.75, 3.05) is 39.4 Å². The standard InChI is InChI=1S/C24H24ClN3O6/c25-18-7-5-16(6-8-18)22(29)20-21(17-3-1-4-19(15-17)28(32)33)27(24(31)23(20)30)10-2-9-26-11-13-34-14-12-26/h1,3-8,15,21,29H,2,9-14H2/b22-20+/t21-/m0/s1. The molecule has 1 N–H and O–H groups in total. The van der Waals surface area contributed by atoms with Crippen molar-refractivity contribution in [1.29, 1.82) is 0 Å². The van der Waals surface area contributed by atoms with Gasteiger partial charge in [0.15, 0.2) is 0 Å². The Bertz CT molecular complexity index is 1130. The van der Waals surface area contributed by atoms with Crippen LogP contribution in [0, 0.1) is 10.1 Å². The number of carbonyl (C=O) groups excluding carboxylic acids is 2. The first-order valence-electron chi connectivity index (χ1n) is 11.0. The number of ketones is 1. The minimum absolute atomic E-state index is 0.0980. The summed E-state index contributed by atoms with van der Waals surface area (Å²) in [6.45, 7) is 3.86. The molecule has 2 aromatic carbocycles. The molecule has 0 aromatic heterocycles. The molecule has 2 aliphatic rings. The molecule has 10 heteroatoms. The van der Waals surface area contributed by atoms with Gasteiger partial charge in [-0.1, -0.05) is 23.7 Å². The molecule has 4 rings (SSSR count). The second-order valence-electron chi connectivity index (χ2n) is 8.16. The SMILES string of the molecule is O=C1C(=O)N(CCCN2CCOCC2)[C@@H](c2cccc([N+](=O)[O-])c2)/C1=C(\O)c1ccc(Cl)cc1. The normalized spacial score (nSPS) is 20.6. The van der Waals surface area contributed by atoms with Crippen LogP contribution in [0.4, 0.5) is 5.69 Å². The van der Waals surface area contributed by atoms with Gasteiger partial charge in [0.25, 0.3) is 17.4 Å². The Labute approximate surface area is 201 Å². The molecular weight excluding hydrogens is 462 g/mol. The summed E-state index contributed by atoms with van der Waals surface area (Å²) in [5, 5.41) is 22.9. The van der Waals surface area contributed by atoms with Crippen molar-refractivity contribution in [2.24, 2.45) is 0 Å². The van der Waals surface area contributed by atoms with E-state index in [4.69, 9.17) is 16.3 Å². The third-order valence-electron chi connectivity index (χ3n) is 6.03. The molecule has 178 valence electrons. The molecule has 2 aliphatic heterocycles. The van der Waals surface area contributed by atoms with Crippen LogP contribution in [-0.2, 0) is 14.3 Å². The minimum Gasteiger partial charge on any atom is -0.507 e.